The molecule has 0 aliphatic heterocycles. The van der Waals surface area contributed by atoms with Crippen LogP contribution in [0.4, 0.5) is 5.82 Å². The van der Waals surface area contributed by atoms with E-state index in [-0.39, 0.29) is 0 Å². The van der Waals surface area contributed by atoms with Crippen molar-refractivity contribution in [3.8, 4) is 22.0 Å². The summed E-state index contributed by atoms with van der Waals surface area (Å²) in [4.78, 5) is 8.59. The Morgan fingerprint density at radius 2 is 2.17 bits per heavy atom. The Labute approximate surface area is 108 Å². The van der Waals surface area contributed by atoms with Crippen LogP contribution in [0.2, 0.25) is 0 Å². The van der Waals surface area contributed by atoms with Crippen molar-refractivity contribution < 1.29 is 4.42 Å². The molecular weight excluding hydrogens is 246 g/mol. The monoisotopic (exact) mass is 257 g/mol. The van der Waals surface area contributed by atoms with E-state index in [2.05, 4.69) is 9.97 Å². The summed E-state index contributed by atoms with van der Waals surface area (Å²) in [6, 6.07) is 7.61. The quantitative estimate of drug-likeness (QED) is 0.764. The van der Waals surface area contributed by atoms with Gasteiger partial charge in [-0.05, 0) is 31.2 Å². The van der Waals surface area contributed by atoms with Crippen LogP contribution in [0.25, 0.3) is 22.0 Å². The van der Waals surface area contributed by atoms with Gasteiger partial charge in [-0.25, -0.2) is 9.97 Å². The molecule has 3 aromatic rings. The molecule has 90 valence electrons. The molecule has 0 aliphatic carbocycles. The number of anilines is 1. The average Bonchev–Trinajstić information content (AvgIpc) is 2.98. The van der Waals surface area contributed by atoms with Gasteiger partial charge in [0.1, 0.15) is 22.3 Å². The third-order valence-electron chi connectivity index (χ3n) is 2.57. The molecule has 0 saturated heterocycles. The van der Waals surface area contributed by atoms with Crippen molar-refractivity contribution >= 4 is 17.2 Å². The molecule has 0 atom stereocenters. The molecule has 0 unspecified atom stereocenters. The molecular formula is C13H11N3OS. The van der Waals surface area contributed by atoms with Crippen molar-refractivity contribution in [1.29, 1.82) is 0 Å². The highest BCUT2D eigenvalue weighted by atomic mass is 32.1. The third kappa shape index (κ3) is 1.89. The van der Waals surface area contributed by atoms with Gasteiger partial charge in [0.05, 0.1) is 5.56 Å². The number of nitrogens with zero attached hydrogens (tertiary/aromatic N) is 2. The molecule has 4 nitrogen and oxygen atoms in total. The van der Waals surface area contributed by atoms with Crippen LogP contribution in [0.1, 0.15) is 5.76 Å². The number of rotatable bonds is 2. The normalized spacial score (nSPS) is 10.7. The second kappa shape index (κ2) is 4.27. The van der Waals surface area contributed by atoms with E-state index in [1.54, 1.807) is 6.20 Å². The molecule has 0 spiro atoms. The van der Waals surface area contributed by atoms with Gasteiger partial charge in [-0.2, -0.15) is 0 Å². The second-order valence-electron chi connectivity index (χ2n) is 3.88. The molecule has 3 heterocycles. The molecule has 5 heteroatoms. The standard InChI is InChI=1S/C13H11N3OS/c1-8-4-5-11(17-8)10-7-18-13(16-10)9-3-2-6-15-12(9)14/h2-7H,1H3,(H2,14,15). The summed E-state index contributed by atoms with van der Waals surface area (Å²) >= 11 is 1.53. The topological polar surface area (TPSA) is 64.9 Å². The van der Waals surface area contributed by atoms with Crippen LogP contribution in [0.5, 0.6) is 0 Å². The van der Waals surface area contributed by atoms with Crippen LogP contribution < -0.4 is 5.73 Å². The van der Waals surface area contributed by atoms with Crippen molar-refractivity contribution in [2.75, 3.05) is 5.73 Å². The van der Waals surface area contributed by atoms with Gasteiger partial charge < -0.3 is 10.2 Å². The highest BCUT2D eigenvalue weighted by Gasteiger charge is 2.11. The second-order valence-corrected chi connectivity index (χ2v) is 4.74. The predicted octanol–water partition coefficient (Wildman–Crippen LogP) is 3.36. The van der Waals surface area contributed by atoms with E-state index in [1.165, 1.54) is 11.3 Å². The summed E-state index contributed by atoms with van der Waals surface area (Å²) in [5, 5.41) is 2.81. The first-order chi connectivity index (χ1) is 8.74. The Morgan fingerprint density at radius 1 is 1.28 bits per heavy atom. The van der Waals surface area contributed by atoms with Crippen molar-refractivity contribution in [2.24, 2.45) is 0 Å². The number of furan rings is 1. The summed E-state index contributed by atoms with van der Waals surface area (Å²) in [6.45, 7) is 1.91. The molecule has 2 N–H and O–H groups in total. The van der Waals surface area contributed by atoms with Crippen LogP contribution in [0.15, 0.2) is 40.3 Å². The van der Waals surface area contributed by atoms with E-state index in [1.807, 2.05) is 36.6 Å². The Hall–Kier alpha value is -2.14. The van der Waals surface area contributed by atoms with Gasteiger partial charge in [0.15, 0.2) is 5.76 Å². The fraction of sp³-hybridized carbons (Fsp3) is 0.0769. The molecule has 0 aliphatic rings. The van der Waals surface area contributed by atoms with Crippen LogP contribution in [-0.2, 0) is 0 Å². The SMILES string of the molecule is Cc1ccc(-c2csc(-c3cccnc3N)n2)o1. The van der Waals surface area contributed by atoms with Gasteiger partial charge in [0.25, 0.3) is 0 Å². The number of hydrogen-bond donors (Lipinski definition) is 1. The Kier molecular flexibility index (Phi) is 2.60. The maximum Gasteiger partial charge on any atom is 0.153 e. The van der Waals surface area contributed by atoms with Crippen molar-refractivity contribution in [3.05, 3.63) is 41.6 Å². The Balaban J connectivity index is 2.02. The minimum absolute atomic E-state index is 0.494. The largest absolute Gasteiger partial charge is 0.460 e. The zero-order chi connectivity index (χ0) is 12.5. The smallest absolute Gasteiger partial charge is 0.153 e. The van der Waals surface area contributed by atoms with Gasteiger partial charge in [0.2, 0.25) is 0 Å². The lowest BCUT2D eigenvalue weighted by molar-refractivity contribution is 0.547. The van der Waals surface area contributed by atoms with Gasteiger partial charge in [-0.1, -0.05) is 0 Å². The highest BCUT2D eigenvalue weighted by Crippen LogP contribution is 2.31. The molecule has 0 radical (unpaired) electrons. The lowest BCUT2D eigenvalue weighted by atomic mass is 10.2. The zero-order valence-corrected chi connectivity index (χ0v) is 10.6. The van der Waals surface area contributed by atoms with E-state index in [0.717, 1.165) is 27.8 Å². The Morgan fingerprint density at radius 3 is 2.89 bits per heavy atom. The van der Waals surface area contributed by atoms with Crippen molar-refractivity contribution in [2.45, 2.75) is 6.92 Å². The van der Waals surface area contributed by atoms with E-state index in [9.17, 15) is 0 Å². The third-order valence-corrected chi connectivity index (χ3v) is 3.44. The average molecular weight is 257 g/mol. The summed E-state index contributed by atoms with van der Waals surface area (Å²) < 4.78 is 5.55. The van der Waals surface area contributed by atoms with E-state index >= 15 is 0 Å². The number of nitrogen functional groups attached to an aromatic ring is 1. The van der Waals surface area contributed by atoms with Crippen LogP contribution in [-0.4, -0.2) is 9.97 Å². The lowest BCUT2D eigenvalue weighted by Crippen LogP contribution is -1.92. The summed E-state index contributed by atoms with van der Waals surface area (Å²) in [7, 11) is 0. The fourth-order valence-electron chi connectivity index (χ4n) is 1.68. The van der Waals surface area contributed by atoms with Crippen LogP contribution >= 0.6 is 11.3 Å². The van der Waals surface area contributed by atoms with Crippen LogP contribution in [0.3, 0.4) is 0 Å². The number of hydrogen-bond acceptors (Lipinski definition) is 5. The minimum Gasteiger partial charge on any atom is -0.460 e. The van der Waals surface area contributed by atoms with E-state index in [4.69, 9.17) is 10.2 Å². The summed E-state index contributed by atoms with van der Waals surface area (Å²) in [6.07, 6.45) is 1.67. The molecule has 0 amide bonds. The first kappa shape index (κ1) is 11.0. The number of aryl methyl sites for hydroxylation is 1. The molecule has 0 saturated carbocycles. The number of aromatic nitrogens is 2. The maximum absolute atomic E-state index is 5.84. The molecule has 0 bridgehead atoms. The van der Waals surface area contributed by atoms with E-state index in [0.29, 0.717) is 5.82 Å². The molecule has 0 aromatic carbocycles. The maximum atomic E-state index is 5.84. The van der Waals surface area contributed by atoms with E-state index < -0.39 is 0 Å². The number of thiazole rings is 1. The van der Waals surface area contributed by atoms with Gasteiger partial charge >= 0.3 is 0 Å². The van der Waals surface area contributed by atoms with Crippen LogP contribution in [0, 0.1) is 6.92 Å². The Bertz CT molecular complexity index is 687. The lowest BCUT2D eigenvalue weighted by Gasteiger charge is -1.98. The van der Waals surface area contributed by atoms with Gasteiger partial charge in [-0.15, -0.1) is 11.3 Å². The molecule has 3 aromatic heterocycles. The van der Waals surface area contributed by atoms with Gasteiger partial charge in [0, 0.05) is 11.6 Å². The summed E-state index contributed by atoms with van der Waals surface area (Å²) in [5.74, 6) is 2.15. The molecule has 18 heavy (non-hydrogen) atoms. The first-order valence-corrected chi connectivity index (χ1v) is 6.35. The number of nitrogens with two attached hydrogens (primary N) is 1. The van der Waals surface area contributed by atoms with Crippen molar-refractivity contribution in [1.82, 2.24) is 9.97 Å². The molecule has 3 rings (SSSR count). The summed E-state index contributed by atoms with van der Waals surface area (Å²) in [5.41, 5.74) is 7.52. The first-order valence-electron chi connectivity index (χ1n) is 5.47. The zero-order valence-electron chi connectivity index (χ0n) is 9.75. The van der Waals surface area contributed by atoms with Gasteiger partial charge in [-0.3, -0.25) is 0 Å². The fourth-order valence-corrected chi connectivity index (χ4v) is 2.52. The minimum atomic E-state index is 0.494. The molecule has 0 fully saturated rings. The highest BCUT2D eigenvalue weighted by molar-refractivity contribution is 7.13. The predicted molar refractivity (Wildman–Crippen MR) is 72.2 cm³/mol. The van der Waals surface area contributed by atoms with Crippen molar-refractivity contribution in [3.63, 3.8) is 0 Å². The number of pyridine rings is 1.